The van der Waals surface area contributed by atoms with Gasteiger partial charge in [0.2, 0.25) is 5.95 Å². The molecule has 3 aromatic heterocycles. The summed E-state index contributed by atoms with van der Waals surface area (Å²) in [4.78, 5) is 15.5. The Kier molecular flexibility index (Phi) is 6.01. The molecule has 7 aromatic carbocycles. The minimum atomic E-state index is 0.591. The topological polar surface area (TPSA) is 43.6 Å². The standard InChI is InChI=1S/C43H26N4S/c1-3-13-27(14-4-1)41-44-42(28-15-5-2-6-16-28)46-43(45-41)47-36-26-30-18-8-7-17-29(30)25-35(36)33-22-11-21-32(40(33)47)31-20-12-24-38-39(31)34-19-9-10-23-37(34)48-38/h1-26H. The Labute approximate surface area is 280 Å². The third-order valence-electron chi connectivity index (χ3n) is 9.24. The Morgan fingerprint density at radius 1 is 0.438 bits per heavy atom. The molecule has 0 N–H and O–H groups in total. The fourth-order valence-electron chi connectivity index (χ4n) is 7.07. The summed E-state index contributed by atoms with van der Waals surface area (Å²) in [6.07, 6.45) is 0. The molecule has 0 unspecified atom stereocenters. The molecule has 0 bridgehead atoms. The first-order valence-corrected chi connectivity index (χ1v) is 16.9. The van der Waals surface area contributed by atoms with Gasteiger partial charge in [-0.05, 0) is 40.6 Å². The van der Waals surface area contributed by atoms with E-state index in [0.717, 1.165) is 38.5 Å². The average molecular weight is 631 g/mol. The van der Waals surface area contributed by atoms with E-state index in [4.69, 9.17) is 15.0 Å². The predicted octanol–water partition coefficient (Wildman–Crippen LogP) is 11.5. The van der Waals surface area contributed by atoms with Crippen LogP contribution in [-0.4, -0.2) is 19.5 Å². The average Bonchev–Trinajstić information content (AvgIpc) is 3.70. The number of hydrogen-bond donors (Lipinski definition) is 0. The van der Waals surface area contributed by atoms with E-state index >= 15 is 0 Å². The van der Waals surface area contributed by atoms with Crippen LogP contribution in [0, 0.1) is 0 Å². The van der Waals surface area contributed by atoms with E-state index in [0.29, 0.717) is 17.6 Å². The third kappa shape index (κ3) is 4.18. The van der Waals surface area contributed by atoms with E-state index in [1.165, 1.54) is 36.5 Å². The van der Waals surface area contributed by atoms with Gasteiger partial charge in [-0.2, -0.15) is 9.97 Å². The summed E-state index contributed by atoms with van der Waals surface area (Å²) in [5.41, 5.74) is 6.37. The van der Waals surface area contributed by atoms with Gasteiger partial charge in [0.25, 0.3) is 0 Å². The van der Waals surface area contributed by atoms with Crippen molar-refractivity contribution in [1.29, 1.82) is 0 Å². The molecule has 0 aliphatic rings. The zero-order valence-corrected chi connectivity index (χ0v) is 26.5. The summed E-state index contributed by atoms with van der Waals surface area (Å²) in [5.74, 6) is 1.87. The monoisotopic (exact) mass is 630 g/mol. The van der Waals surface area contributed by atoms with Crippen molar-refractivity contribution in [2.45, 2.75) is 0 Å². The molecule has 48 heavy (non-hydrogen) atoms. The minimum absolute atomic E-state index is 0.591. The zero-order chi connectivity index (χ0) is 31.6. The molecular formula is C43H26N4S. The van der Waals surface area contributed by atoms with E-state index in [-0.39, 0.29) is 0 Å². The van der Waals surface area contributed by atoms with Crippen LogP contribution in [0.3, 0.4) is 0 Å². The summed E-state index contributed by atoms with van der Waals surface area (Å²) < 4.78 is 4.83. The number of para-hydroxylation sites is 1. The van der Waals surface area contributed by atoms with Crippen LogP contribution in [0.2, 0.25) is 0 Å². The van der Waals surface area contributed by atoms with Crippen molar-refractivity contribution in [2.75, 3.05) is 0 Å². The van der Waals surface area contributed by atoms with Gasteiger partial charge >= 0.3 is 0 Å². The van der Waals surface area contributed by atoms with Crippen LogP contribution in [-0.2, 0) is 0 Å². The number of benzene rings is 7. The van der Waals surface area contributed by atoms with Crippen molar-refractivity contribution in [3.05, 3.63) is 158 Å². The lowest BCUT2D eigenvalue weighted by Crippen LogP contribution is -2.07. The van der Waals surface area contributed by atoms with Crippen molar-refractivity contribution in [3.63, 3.8) is 0 Å². The van der Waals surface area contributed by atoms with Crippen molar-refractivity contribution in [3.8, 4) is 39.9 Å². The van der Waals surface area contributed by atoms with Gasteiger partial charge in [0.15, 0.2) is 11.6 Å². The van der Waals surface area contributed by atoms with E-state index in [9.17, 15) is 0 Å². The molecule has 5 heteroatoms. The number of nitrogens with zero attached hydrogens (tertiary/aromatic N) is 4. The number of fused-ring (bicyclic) bond motifs is 7. The molecule has 10 rings (SSSR count). The fourth-order valence-corrected chi connectivity index (χ4v) is 8.20. The molecule has 0 atom stereocenters. The summed E-state index contributed by atoms with van der Waals surface area (Å²) in [7, 11) is 0. The first-order chi connectivity index (χ1) is 23.8. The normalized spacial score (nSPS) is 11.8. The van der Waals surface area contributed by atoms with Crippen molar-refractivity contribution >= 4 is 64.1 Å². The minimum Gasteiger partial charge on any atom is -0.277 e. The van der Waals surface area contributed by atoms with Gasteiger partial charge in [-0.25, -0.2) is 4.98 Å². The molecule has 3 heterocycles. The maximum Gasteiger partial charge on any atom is 0.238 e. The lowest BCUT2D eigenvalue weighted by molar-refractivity contribution is 0.954. The summed E-state index contributed by atoms with van der Waals surface area (Å²) in [6, 6.07) is 55.6. The second-order valence-electron chi connectivity index (χ2n) is 12.0. The van der Waals surface area contributed by atoms with E-state index in [1.807, 2.05) is 47.7 Å². The van der Waals surface area contributed by atoms with Crippen molar-refractivity contribution in [2.24, 2.45) is 0 Å². The van der Waals surface area contributed by atoms with Gasteiger partial charge < -0.3 is 0 Å². The molecule has 4 nitrogen and oxygen atoms in total. The maximum absolute atomic E-state index is 5.23. The molecule has 0 saturated carbocycles. The molecule has 0 spiro atoms. The van der Waals surface area contributed by atoms with Gasteiger partial charge in [-0.3, -0.25) is 4.57 Å². The largest absolute Gasteiger partial charge is 0.277 e. The maximum atomic E-state index is 5.23. The van der Waals surface area contributed by atoms with Crippen LogP contribution >= 0.6 is 11.3 Å². The Hall–Kier alpha value is -6.17. The Morgan fingerprint density at radius 3 is 1.77 bits per heavy atom. The SMILES string of the molecule is c1ccc(-c2nc(-c3ccccc3)nc(-n3c4cc5ccccc5cc4c4cccc(-c5cccc6sc7ccccc7c56)c43)n2)cc1. The number of hydrogen-bond acceptors (Lipinski definition) is 4. The van der Waals surface area contributed by atoms with Crippen LogP contribution in [0.1, 0.15) is 0 Å². The van der Waals surface area contributed by atoms with E-state index < -0.39 is 0 Å². The van der Waals surface area contributed by atoms with Gasteiger partial charge in [-0.1, -0.05) is 133 Å². The highest BCUT2D eigenvalue weighted by molar-refractivity contribution is 7.25. The summed E-state index contributed by atoms with van der Waals surface area (Å²) >= 11 is 1.84. The van der Waals surface area contributed by atoms with Gasteiger partial charge in [0.05, 0.1) is 11.0 Å². The smallest absolute Gasteiger partial charge is 0.238 e. The fraction of sp³-hybridized carbons (Fsp3) is 0. The first kappa shape index (κ1) is 27.0. The van der Waals surface area contributed by atoms with Gasteiger partial charge in [0.1, 0.15) is 0 Å². The Morgan fingerprint density at radius 2 is 1.02 bits per heavy atom. The number of rotatable bonds is 4. The second-order valence-corrected chi connectivity index (χ2v) is 13.1. The molecule has 0 saturated heterocycles. The van der Waals surface area contributed by atoms with E-state index in [2.05, 4.69) is 126 Å². The number of aromatic nitrogens is 4. The van der Waals surface area contributed by atoms with Crippen LogP contribution < -0.4 is 0 Å². The predicted molar refractivity (Wildman–Crippen MR) is 201 cm³/mol. The number of thiophene rings is 1. The third-order valence-corrected chi connectivity index (χ3v) is 10.4. The van der Waals surface area contributed by atoms with Crippen LogP contribution in [0.25, 0.3) is 92.6 Å². The Balaban J connectivity index is 1.37. The van der Waals surface area contributed by atoms with Gasteiger partial charge in [-0.15, -0.1) is 11.3 Å². The molecule has 0 aliphatic carbocycles. The molecule has 0 aliphatic heterocycles. The highest BCUT2D eigenvalue weighted by Gasteiger charge is 2.22. The van der Waals surface area contributed by atoms with E-state index in [1.54, 1.807) is 0 Å². The van der Waals surface area contributed by atoms with Crippen LogP contribution in [0.5, 0.6) is 0 Å². The molecular weight excluding hydrogens is 605 g/mol. The molecule has 0 fully saturated rings. The molecule has 0 amide bonds. The van der Waals surface area contributed by atoms with Crippen LogP contribution in [0.4, 0.5) is 0 Å². The molecule has 0 radical (unpaired) electrons. The molecule has 10 aromatic rings. The summed E-state index contributed by atoms with van der Waals surface area (Å²) in [6.45, 7) is 0. The van der Waals surface area contributed by atoms with Crippen molar-refractivity contribution < 1.29 is 0 Å². The Bertz CT molecular complexity index is 2780. The highest BCUT2D eigenvalue weighted by Crippen LogP contribution is 2.44. The second kappa shape index (κ2) is 10.7. The zero-order valence-electron chi connectivity index (χ0n) is 25.7. The van der Waals surface area contributed by atoms with Crippen molar-refractivity contribution in [1.82, 2.24) is 19.5 Å². The molecule has 224 valence electrons. The van der Waals surface area contributed by atoms with Gasteiger partial charge in [0, 0.05) is 47.6 Å². The quantitative estimate of drug-likeness (QED) is 0.194. The highest BCUT2D eigenvalue weighted by atomic mass is 32.1. The van der Waals surface area contributed by atoms with Crippen LogP contribution in [0.15, 0.2) is 158 Å². The summed E-state index contributed by atoms with van der Waals surface area (Å²) in [5, 5.41) is 7.24. The first-order valence-electron chi connectivity index (χ1n) is 16.0. The lowest BCUT2D eigenvalue weighted by atomic mass is 9.97. The lowest BCUT2D eigenvalue weighted by Gasteiger charge is -2.13.